The van der Waals surface area contributed by atoms with Gasteiger partial charge in [0.25, 0.3) is 0 Å². The average Bonchev–Trinajstić information content (AvgIpc) is 2.46. The highest BCUT2D eigenvalue weighted by Gasteiger charge is 1.97. The van der Waals surface area contributed by atoms with Gasteiger partial charge in [-0.05, 0) is 37.0 Å². The molecular weight excluding hydrogens is 238 g/mol. The van der Waals surface area contributed by atoms with Gasteiger partial charge in [0.15, 0.2) is 0 Å². The van der Waals surface area contributed by atoms with Gasteiger partial charge in [-0.1, -0.05) is 31.6 Å². The molecule has 0 aromatic heterocycles. The van der Waals surface area contributed by atoms with Crippen LogP contribution in [0.2, 0.25) is 0 Å². The fourth-order valence-corrected chi connectivity index (χ4v) is 1.76. The third kappa shape index (κ3) is 6.42. The van der Waals surface area contributed by atoms with Crippen molar-refractivity contribution in [3.05, 3.63) is 48.0 Å². The van der Waals surface area contributed by atoms with Gasteiger partial charge in [-0.3, -0.25) is 0 Å². The van der Waals surface area contributed by atoms with Gasteiger partial charge in [-0.15, -0.1) is 0 Å². The van der Waals surface area contributed by atoms with E-state index in [9.17, 15) is 4.79 Å². The maximum atomic E-state index is 10.8. The Bertz CT molecular complexity index is 443. The lowest BCUT2D eigenvalue weighted by atomic mass is 10.0. The summed E-state index contributed by atoms with van der Waals surface area (Å²) < 4.78 is 4.89. The molecule has 3 heteroatoms. The minimum Gasteiger partial charge on any atom is -0.463 e. The van der Waals surface area contributed by atoms with Crippen molar-refractivity contribution >= 4 is 5.97 Å². The Kier molecular flexibility index (Phi) is 7.04. The van der Waals surface area contributed by atoms with Crippen LogP contribution in [-0.2, 0) is 16.0 Å². The average molecular weight is 257 g/mol. The molecule has 19 heavy (non-hydrogen) atoms. The first-order chi connectivity index (χ1) is 9.26. The van der Waals surface area contributed by atoms with E-state index in [1.54, 1.807) is 0 Å². The van der Waals surface area contributed by atoms with E-state index in [4.69, 9.17) is 10.00 Å². The molecule has 0 aliphatic heterocycles. The number of carbonyl (C=O) groups is 1. The molecule has 0 aliphatic carbocycles. The molecule has 0 N–H and O–H groups in total. The number of hydrogen-bond acceptors (Lipinski definition) is 3. The largest absolute Gasteiger partial charge is 0.463 e. The molecule has 0 saturated carbocycles. The van der Waals surface area contributed by atoms with Crippen LogP contribution in [0, 0.1) is 11.3 Å². The molecule has 3 nitrogen and oxygen atoms in total. The molecule has 0 spiro atoms. The molecule has 0 amide bonds. The number of hydrogen-bond donors (Lipinski definition) is 0. The van der Waals surface area contributed by atoms with E-state index in [1.165, 1.54) is 11.6 Å². The first-order valence-corrected chi connectivity index (χ1v) is 6.54. The van der Waals surface area contributed by atoms with Crippen molar-refractivity contribution in [1.29, 1.82) is 5.26 Å². The number of benzene rings is 1. The summed E-state index contributed by atoms with van der Waals surface area (Å²) in [5.41, 5.74) is 1.96. The van der Waals surface area contributed by atoms with Gasteiger partial charge in [0.1, 0.15) is 0 Å². The van der Waals surface area contributed by atoms with E-state index in [0.717, 1.165) is 32.1 Å². The van der Waals surface area contributed by atoms with Crippen LogP contribution in [0.15, 0.2) is 36.9 Å². The summed E-state index contributed by atoms with van der Waals surface area (Å²) in [5.74, 6) is -0.349. The molecule has 0 aliphatic rings. The molecule has 1 rings (SSSR count). The Morgan fingerprint density at radius 1 is 1.21 bits per heavy atom. The van der Waals surface area contributed by atoms with E-state index in [-0.39, 0.29) is 5.97 Å². The minimum atomic E-state index is -0.349. The van der Waals surface area contributed by atoms with E-state index in [1.807, 2.05) is 24.3 Å². The third-order valence-corrected chi connectivity index (χ3v) is 2.85. The number of aryl methyl sites for hydroxylation is 1. The number of ether oxygens (including phenoxy) is 1. The van der Waals surface area contributed by atoms with Crippen molar-refractivity contribution < 1.29 is 9.53 Å². The number of carbonyl (C=O) groups excluding carboxylic acids is 1. The second kappa shape index (κ2) is 8.93. The number of nitrogens with zero attached hydrogens (tertiary/aromatic N) is 1. The lowest BCUT2D eigenvalue weighted by Gasteiger charge is -2.03. The van der Waals surface area contributed by atoms with Crippen molar-refractivity contribution in [3.8, 4) is 6.07 Å². The molecule has 1 aromatic carbocycles. The van der Waals surface area contributed by atoms with Crippen LogP contribution in [0.5, 0.6) is 0 Å². The molecule has 100 valence electrons. The second-order valence-electron chi connectivity index (χ2n) is 4.34. The highest BCUT2D eigenvalue weighted by Crippen LogP contribution is 2.09. The SMILES string of the molecule is C=CC(=O)OCCCCCCc1ccc(C#N)cc1. The van der Waals surface area contributed by atoms with Gasteiger partial charge >= 0.3 is 5.97 Å². The Morgan fingerprint density at radius 3 is 2.53 bits per heavy atom. The maximum Gasteiger partial charge on any atom is 0.330 e. The topological polar surface area (TPSA) is 50.1 Å². The fourth-order valence-electron chi connectivity index (χ4n) is 1.76. The molecule has 1 aromatic rings. The summed E-state index contributed by atoms with van der Waals surface area (Å²) in [6.45, 7) is 3.81. The highest BCUT2D eigenvalue weighted by atomic mass is 16.5. The summed E-state index contributed by atoms with van der Waals surface area (Å²) in [7, 11) is 0. The predicted molar refractivity (Wildman–Crippen MR) is 74.5 cm³/mol. The quantitative estimate of drug-likeness (QED) is 0.407. The van der Waals surface area contributed by atoms with Crippen LogP contribution in [-0.4, -0.2) is 12.6 Å². The first-order valence-electron chi connectivity index (χ1n) is 6.54. The number of esters is 1. The van der Waals surface area contributed by atoms with Crippen LogP contribution in [0.3, 0.4) is 0 Å². The van der Waals surface area contributed by atoms with Crippen molar-refractivity contribution in [3.63, 3.8) is 0 Å². The van der Waals surface area contributed by atoms with E-state index in [2.05, 4.69) is 12.6 Å². The van der Waals surface area contributed by atoms with Gasteiger partial charge in [0, 0.05) is 6.08 Å². The Morgan fingerprint density at radius 2 is 1.89 bits per heavy atom. The van der Waals surface area contributed by atoms with Crippen molar-refractivity contribution in [2.24, 2.45) is 0 Å². The Hall–Kier alpha value is -2.08. The number of unbranched alkanes of at least 4 members (excludes halogenated alkanes) is 3. The minimum absolute atomic E-state index is 0.349. The van der Waals surface area contributed by atoms with Crippen molar-refractivity contribution in [2.75, 3.05) is 6.61 Å². The van der Waals surface area contributed by atoms with Crippen LogP contribution < -0.4 is 0 Å². The Balaban J connectivity index is 2.06. The summed E-state index contributed by atoms with van der Waals surface area (Å²) >= 11 is 0. The highest BCUT2D eigenvalue weighted by molar-refractivity contribution is 5.81. The van der Waals surface area contributed by atoms with Crippen LogP contribution in [0.1, 0.15) is 36.8 Å². The molecule has 0 radical (unpaired) electrons. The monoisotopic (exact) mass is 257 g/mol. The number of rotatable bonds is 8. The lowest BCUT2D eigenvalue weighted by Crippen LogP contribution is -2.01. The predicted octanol–water partition coefficient (Wildman–Crippen LogP) is 3.39. The van der Waals surface area contributed by atoms with E-state index < -0.39 is 0 Å². The van der Waals surface area contributed by atoms with Crippen molar-refractivity contribution in [1.82, 2.24) is 0 Å². The van der Waals surface area contributed by atoms with Gasteiger partial charge in [0.05, 0.1) is 18.2 Å². The van der Waals surface area contributed by atoms with E-state index >= 15 is 0 Å². The lowest BCUT2D eigenvalue weighted by molar-refractivity contribution is -0.137. The maximum absolute atomic E-state index is 10.8. The summed E-state index contributed by atoms with van der Waals surface area (Å²) in [6, 6.07) is 9.82. The first kappa shape index (κ1) is 15.0. The zero-order valence-electron chi connectivity index (χ0n) is 11.1. The molecule has 0 fully saturated rings. The molecular formula is C16H19NO2. The van der Waals surface area contributed by atoms with Gasteiger partial charge in [0.2, 0.25) is 0 Å². The smallest absolute Gasteiger partial charge is 0.330 e. The molecule has 0 atom stereocenters. The normalized spacial score (nSPS) is 9.63. The third-order valence-electron chi connectivity index (χ3n) is 2.85. The van der Waals surface area contributed by atoms with Gasteiger partial charge in [-0.25, -0.2) is 4.79 Å². The zero-order chi connectivity index (χ0) is 13.9. The molecule has 0 unspecified atom stereocenters. The van der Waals surface area contributed by atoms with Crippen LogP contribution >= 0.6 is 0 Å². The molecule has 0 bridgehead atoms. The van der Waals surface area contributed by atoms with Crippen LogP contribution in [0.4, 0.5) is 0 Å². The molecule has 0 saturated heterocycles. The van der Waals surface area contributed by atoms with Gasteiger partial charge < -0.3 is 4.74 Å². The Labute approximate surface area is 114 Å². The number of nitriles is 1. The van der Waals surface area contributed by atoms with Crippen molar-refractivity contribution in [2.45, 2.75) is 32.1 Å². The standard InChI is InChI=1S/C16H19NO2/c1-2-16(18)19-12-6-4-3-5-7-14-8-10-15(13-17)11-9-14/h2,8-11H,1,3-7,12H2. The molecule has 0 heterocycles. The summed E-state index contributed by atoms with van der Waals surface area (Å²) in [5, 5.41) is 8.69. The fraction of sp³-hybridized carbons (Fsp3) is 0.375. The summed E-state index contributed by atoms with van der Waals surface area (Å²) in [4.78, 5) is 10.8. The zero-order valence-corrected chi connectivity index (χ0v) is 11.1. The van der Waals surface area contributed by atoms with E-state index in [0.29, 0.717) is 12.2 Å². The van der Waals surface area contributed by atoms with Crippen LogP contribution in [0.25, 0.3) is 0 Å². The van der Waals surface area contributed by atoms with Gasteiger partial charge in [-0.2, -0.15) is 5.26 Å². The summed E-state index contributed by atoms with van der Waals surface area (Å²) in [6.07, 6.45) is 6.39. The second-order valence-corrected chi connectivity index (χ2v) is 4.34.